The molecule has 2 aliphatic rings. The van der Waals surface area contributed by atoms with Gasteiger partial charge in [0.15, 0.2) is 0 Å². The molecule has 28 heavy (non-hydrogen) atoms. The lowest BCUT2D eigenvalue weighted by molar-refractivity contribution is -0.963. The zero-order chi connectivity index (χ0) is 19.2. The predicted octanol–water partition coefficient (Wildman–Crippen LogP) is 1.04. The summed E-state index contributed by atoms with van der Waals surface area (Å²) in [6, 6.07) is 20.5. The van der Waals surface area contributed by atoms with Gasteiger partial charge in [0, 0.05) is 24.1 Å². The van der Waals surface area contributed by atoms with E-state index >= 15 is 0 Å². The molecule has 2 aromatic rings. The van der Waals surface area contributed by atoms with Crippen molar-refractivity contribution in [2.24, 2.45) is 0 Å². The van der Waals surface area contributed by atoms with Crippen LogP contribution >= 0.6 is 0 Å². The number of para-hydroxylation sites is 1. The number of benzene rings is 2. The number of piperazine rings is 1. The molecule has 150 valence electrons. The summed E-state index contributed by atoms with van der Waals surface area (Å²) in [7, 11) is 0. The van der Waals surface area contributed by atoms with Crippen molar-refractivity contribution in [1.82, 2.24) is 0 Å². The van der Waals surface area contributed by atoms with Gasteiger partial charge in [-0.25, -0.2) is 0 Å². The highest BCUT2D eigenvalue weighted by molar-refractivity contribution is 5.46. The zero-order valence-corrected chi connectivity index (χ0v) is 17.2. The monoisotopic (exact) mass is 381 g/mol. The summed E-state index contributed by atoms with van der Waals surface area (Å²) in [5.41, 5.74) is 2.82. The molecule has 0 atom stereocenters. The quantitative estimate of drug-likeness (QED) is 0.780. The van der Waals surface area contributed by atoms with E-state index in [1.54, 1.807) is 4.90 Å². The number of likely N-dealkylation sites (tertiary alicyclic amines) is 1. The van der Waals surface area contributed by atoms with Gasteiger partial charge >= 0.3 is 0 Å². The molecule has 0 aliphatic carbocycles. The molecule has 0 saturated carbocycles. The van der Waals surface area contributed by atoms with Crippen molar-refractivity contribution >= 4 is 5.69 Å². The highest BCUT2D eigenvalue weighted by Gasteiger charge is 2.32. The van der Waals surface area contributed by atoms with Crippen molar-refractivity contribution in [2.75, 3.05) is 50.8 Å². The zero-order valence-electron chi connectivity index (χ0n) is 17.2. The molecule has 2 aliphatic heterocycles. The Morgan fingerprint density at radius 3 is 2.21 bits per heavy atom. The van der Waals surface area contributed by atoms with Crippen molar-refractivity contribution in [3.63, 3.8) is 0 Å². The minimum atomic E-state index is 0.736. The first-order valence-electron chi connectivity index (χ1n) is 11.0. The first-order chi connectivity index (χ1) is 13.8. The summed E-state index contributed by atoms with van der Waals surface area (Å²) in [4.78, 5) is 6.13. The standard InChI is InChI=1S/C24H33N3O/c1-2-28-24-10-8-21(9-11-24)20-25-14-12-23(13-15-25)27-18-16-26(17-19-27)22-6-4-3-5-7-22/h3-11,23H,2,12-20H2,1H3/p+2. The summed E-state index contributed by atoms with van der Waals surface area (Å²) in [6.45, 7) is 11.5. The van der Waals surface area contributed by atoms with Crippen molar-refractivity contribution in [3.05, 3.63) is 60.2 Å². The molecule has 0 aromatic heterocycles. The number of hydrogen-bond donors (Lipinski definition) is 2. The Morgan fingerprint density at radius 2 is 1.57 bits per heavy atom. The van der Waals surface area contributed by atoms with Crippen LogP contribution in [0.5, 0.6) is 5.75 Å². The third-order valence-electron chi connectivity index (χ3n) is 6.49. The minimum absolute atomic E-state index is 0.736. The maximum absolute atomic E-state index is 5.55. The maximum atomic E-state index is 5.55. The highest BCUT2D eigenvalue weighted by Crippen LogP contribution is 2.13. The van der Waals surface area contributed by atoms with Crippen LogP contribution in [0.4, 0.5) is 5.69 Å². The Bertz CT molecular complexity index is 702. The third kappa shape index (κ3) is 4.86. The van der Waals surface area contributed by atoms with Gasteiger partial charge in [-0.1, -0.05) is 18.2 Å². The Hall–Kier alpha value is -2.04. The van der Waals surface area contributed by atoms with Crippen LogP contribution in [0.15, 0.2) is 54.6 Å². The van der Waals surface area contributed by atoms with Crippen LogP contribution in [0.3, 0.4) is 0 Å². The van der Waals surface area contributed by atoms with Crippen LogP contribution in [0.25, 0.3) is 0 Å². The molecule has 4 nitrogen and oxygen atoms in total. The lowest BCUT2D eigenvalue weighted by Crippen LogP contribution is -3.21. The first kappa shape index (κ1) is 19.3. The molecule has 4 heteroatoms. The smallest absolute Gasteiger partial charge is 0.119 e. The van der Waals surface area contributed by atoms with E-state index in [1.807, 2.05) is 11.8 Å². The van der Waals surface area contributed by atoms with Crippen molar-refractivity contribution in [3.8, 4) is 5.75 Å². The van der Waals surface area contributed by atoms with Gasteiger partial charge in [0.2, 0.25) is 0 Å². The van der Waals surface area contributed by atoms with E-state index in [9.17, 15) is 0 Å². The molecular weight excluding hydrogens is 346 g/mol. The van der Waals surface area contributed by atoms with Gasteiger partial charge in [0.1, 0.15) is 12.3 Å². The molecule has 0 unspecified atom stereocenters. The van der Waals surface area contributed by atoms with Crippen LogP contribution in [-0.4, -0.2) is 51.9 Å². The molecule has 2 N–H and O–H groups in total. The Kier molecular flexibility index (Phi) is 6.50. The van der Waals surface area contributed by atoms with E-state index in [4.69, 9.17) is 4.74 Å². The SMILES string of the molecule is CCOc1ccc(C[NH+]2CCC([NH+]3CCN(c4ccccc4)CC3)CC2)cc1. The summed E-state index contributed by atoms with van der Waals surface area (Å²) in [6.07, 6.45) is 2.74. The largest absolute Gasteiger partial charge is 0.494 e. The van der Waals surface area contributed by atoms with Crippen LogP contribution in [0.2, 0.25) is 0 Å². The fourth-order valence-electron chi connectivity index (χ4n) is 4.87. The fraction of sp³-hybridized carbons (Fsp3) is 0.500. The van der Waals surface area contributed by atoms with Gasteiger partial charge in [-0.3, -0.25) is 0 Å². The molecule has 4 rings (SSSR count). The summed E-state index contributed by atoms with van der Waals surface area (Å²) < 4.78 is 5.55. The molecule has 0 radical (unpaired) electrons. The molecule has 0 spiro atoms. The number of rotatable bonds is 6. The molecule has 2 aromatic carbocycles. The number of hydrogen-bond acceptors (Lipinski definition) is 2. The first-order valence-corrected chi connectivity index (χ1v) is 11.0. The maximum Gasteiger partial charge on any atom is 0.119 e. The van der Waals surface area contributed by atoms with Crippen molar-refractivity contribution in [2.45, 2.75) is 32.4 Å². The van der Waals surface area contributed by atoms with Crippen LogP contribution < -0.4 is 19.4 Å². The summed E-state index contributed by atoms with van der Waals surface area (Å²) in [5.74, 6) is 0.984. The lowest BCUT2D eigenvalue weighted by Gasteiger charge is -2.39. The van der Waals surface area contributed by atoms with E-state index in [-0.39, 0.29) is 0 Å². The number of nitrogens with zero attached hydrogens (tertiary/aromatic N) is 1. The van der Waals surface area contributed by atoms with E-state index in [0.717, 1.165) is 24.9 Å². The molecule has 2 heterocycles. The average Bonchev–Trinajstić information content (AvgIpc) is 2.77. The van der Waals surface area contributed by atoms with Crippen LogP contribution in [0.1, 0.15) is 25.3 Å². The summed E-state index contributed by atoms with van der Waals surface area (Å²) >= 11 is 0. The molecule has 2 saturated heterocycles. The fourth-order valence-corrected chi connectivity index (χ4v) is 4.87. The molecular formula is C24H35N3O+2. The second-order valence-corrected chi connectivity index (χ2v) is 8.26. The van der Waals surface area contributed by atoms with Crippen molar-refractivity contribution < 1.29 is 14.5 Å². The Labute approximate surface area is 169 Å². The van der Waals surface area contributed by atoms with E-state index in [0.29, 0.717) is 0 Å². The predicted molar refractivity (Wildman–Crippen MR) is 114 cm³/mol. The Morgan fingerprint density at radius 1 is 0.893 bits per heavy atom. The third-order valence-corrected chi connectivity index (χ3v) is 6.49. The minimum Gasteiger partial charge on any atom is -0.494 e. The van der Waals surface area contributed by atoms with Gasteiger partial charge < -0.3 is 19.4 Å². The average molecular weight is 382 g/mol. The van der Waals surface area contributed by atoms with Gasteiger partial charge in [-0.2, -0.15) is 0 Å². The van der Waals surface area contributed by atoms with Crippen molar-refractivity contribution in [1.29, 1.82) is 0 Å². The number of ether oxygens (including phenoxy) is 1. The van der Waals surface area contributed by atoms with E-state index in [1.165, 1.54) is 63.4 Å². The molecule has 2 fully saturated rings. The molecule has 0 amide bonds. The van der Waals surface area contributed by atoms with E-state index < -0.39 is 0 Å². The van der Waals surface area contributed by atoms with Crippen LogP contribution in [-0.2, 0) is 6.54 Å². The van der Waals surface area contributed by atoms with Crippen LogP contribution in [0, 0.1) is 0 Å². The topological polar surface area (TPSA) is 21.4 Å². The normalized spacial score (nSPS) is 23.5. The number of anilines is 1. The summed E-state index contributed by atoms with van der Waals surface area (Å²) in [5, 5.41) is 0. The van der Waals surface area contributed by atoms with Gasteiger partial charge in [0.05, 0.1) is 51.9 Å². The van der Waals surface area contributed by atoms with Gasteiger partial charge in [-0.15, -0.1) is 0 Å². The van der Waals surface area contributed by atoms with E-state index in [2.05, 4.69) is 59.5 Å². The second kappa shape index (κ2) is 9.44. The number of quaternary nitrogens is 2. The number of nitrogens with one attached hydrogen (secondary N) is 2. The van der Waals surface area contributed by atoms with Gasteiger partial charge in [-0.05, 0) is 43.3 Å². The second-order valence-electron chi connectivity index (χ2n) is 8.26. The Balaban J connectivity index is 1.21. The highest BCUT2D eigenvalue weighted by atomic mass is 16.5. The van der Waals surface area contributed by atoms with Gasteiger partial charge in [0.25, 0.3) is 0 Å². The molecule has 0 bridgehead atoms. The number of piperidine rings is 1. The lowest BCUT2D eigenvalue weighted by atomic mass is 10.0.